The zero-order valence-corrected chi connectivity index (χ0v) is 18.4. The number of morpholine rings is 1. The van der Waals surface area contributed by atoms with E-state index in [-0.39, 0.29) is 5.91 Å². The predicted molar refractivity (Wildman–Crippen MR) is 121 cm³/mol. The Balaban J connectivity index is 1.77. The van der Waals surface area contributed by atoms with E-state index in [0.29, 0.717) is 25.3 Å². The molecular weight excluding hydrogens is 394 g/mol. The Hall–Kier alpha value is -3.06. The van der Waals surface area contributed by atoms with Crippen LogP contribution < -0.4 is 15.5 Å². The number of carbonyl (C=O) groups excluding carboxylic acids is 2. The maximum Gasteiger partial charge on any atom is 0.408 e. The molecule has 7 heteroatoms. The van der Waals surface area contributed by atoms with Crippen molar-refractivity contribution in [2.24, 2.45) is 0 Å². The lowest BCUT2D eigenvalue weighted by Crippen LogP contribution is -2.47. The number of hydrogen-bond donors (Lipinski definition) is 2. The molecule has 2 N–H and O–H groups in total. The van der Waals surface area contributed by atoms with Crippen molar-refractivity contribution < 1.29 is 19.1 Å². The molecule has 0 spiro atoms. The van der Waals surface area contributed by atoms with Gasteiger partial charge in [-0.3, -0.25) is 4.79 Å². The van der Waals surface area contributed by atoms with Crippen LogP contribution in [0.25, 0.3) is 0 Å². The fourth-order valence-electron chi connectivity index (χ4n) is 3.39. The Morgan fingerprint density at radius 1 is 1.03 bits per heavy atom. The van der Waals surface area contributed by atoms with Crippen molar-refractivity contribution in [1.82, 2.24) is 5.32 Å². The quantitative estimate of drug-likeness (QED) is 0.739. The van der Waals surface area contributed by atoms with E-state index in [0.717, 1.165) is 24.3 Å². The fourth-order valence-corrected chi connectivity index (χ4v) is 3.39. The number of benzene rings is 2. The molecule has 0 aliphatic carbocycles. The third-order valence-corrected chi connectivity index (χ3v) is 4.80. The highest BCUT2D eigenvalue weighted by molar-refractivity contribution is 5.99. The van der Waals surface area contributed by atoms with Crippen LogP contribution in [0.1, 0.15) is 26.3 Å². The predicted octanol–water partition coefficient (Wildman–Crippen LogP) is 3.60. The van der Waals surface area contributed by atoms with Gasteiger partial charge < -0.3 is 25.0 Å². The van der Waals surface area contributed by atoms with E-state index in [2.05, 4.69) is 15.5 Å². The first kappa shape index (κ1) is 22.6. The highest BCUT2D eigenvalue weighted by Crippen LogP contribution is 2.26. The van der Waals surface area contributed by atoms with Gasteiger partial charge in [0.15, 0.2) is 0 Å². The molecule has 1 atom stereocenters. The second kappa shape index (κ2) is 10.3. The van der Waals surface area contributed by atoms with Crippen LogP contribution in [0.5, 0.6) is 0 Å². The van der Waals surface area contributed by atoms with Gasteiger partial charge in [-0.15, -0.1) is 0 Å². The van der Waals surface area contributed by atoms with E-state index < -0.39 is 17.7 Å². The van der Waals surface area contributed by atoms with Crippen LogP contribution in [0.4, 0.5) is 16.2 Å². The minimum absolute atomic E-state index is 0.296. The van der Waals surface area contributed by atoms with E-state index in [1.165, 1.54) is 0 Å². The van der Waals surface area contributed by atoms with Crippen molar-refractivity contribution in [2.45, 2.75) is 38.8 Å². The maximum absolute atomic E-state index is 13.2. The lowest BCUT2D eigenvalue weighted by atomic mass is 10.1. The van der Waals surface area contributed by atoms with Gasteiger partial charge in [-0.2, -0.15) is 0 Å². The molecule has 31 heavy (non-hydrogen) atoms. The molecule has 0 radical (unpaired) electrons. The van der Waals surface area contributed by atoms with E-state index in [4.69, 9.17) is 9.47 Å². The molecule has 0 aromatic heterocycles. The van der Waals surface area contributed by atoms with Crippen molar-refractivity contribution in [3.8, 4) is 0 Å². The zero-order valence-electron chi connectivity index (χ0n) is 18.4. The third-order valence-electron chi connectivity index (χ3n) is 4.80. The fraction of sp³-hybridized carbons (Fsp3) is 0.417. The Morgan fingerprint density at radius 2 is 1.68 bits per heavy atom. The lowest BCUT2D eigenvalue weighted by molar-refractivity contribution is -0.118. The van der Waals surface area contributed by atoms with Gasteiger partial charge in [-0.25, -0.2) is 4.79 Å². The summed E-state index contributed by atoms with van der Waals surface area (Å²) in [6, 6.07) is 16.5. The van der Waals surface area contributed by atoms with Gasteiger partial charge in [-0.1, -0.05) is 42.5 Å². The van der Waals surface area contributed by atoms with E-state index in [1.807, 2.05) is 54.6 Å². The number of carbonyl (C=O) groups is 2. The molecule has 2 aromatic rings. The Labute approximate surface area is 183 Å². The molecular formula is C24H31N3O4. The molecule has 3 rings (SSSR count). The third kappa shape index (κ3) is 7.00. The molecule has 1 aliphatic heterocycles. The largest absolute Gasteiger partial charge is 0.444 e. The minimum atomic E-state index is -0.782. The monoisotopic (exact) mass is 425 g/mol. The van der Waals surface area contributed by atoms with E-state index >= 15 is 0 Å². The standard InChI is InChI=1S/C24H31N3O4/c1-24(2,3)31-23(29)26-20(17-18-9-5-4-6-10-18)22(28)25-19-11-7-8-12-21(19)27-13-15-30-16-14-27/h4-12,20H,13-17H2,1-3H3,(H,25,28)(H,26,29). The number of anilines is 2. The Kier molecular flexibility index (Phi) is 7.52. The molecule has 1 aliphatic rings. The molecule has 2 amide bonds. The summed E-state index contributed by atoms with van der Waals surface area (Å²) in [4.78, 5) is 27.8. The van der Waals surface area contributed by atoms with Gasteiger partial charge in [0.2, 0.25) is 5.91 Å². The van der Waals surface area contributed by atoms with Crippen LogP contribution in [0.3, 0.4) is 0 Å². The molecule has 1 fully saturated rings. The van der Waals surface area contributed by atoms with Crippen LogP contribution in [0.15, 0.2) is 54.6 Å². The number of rotatable bonds is 6. The molecule has 166 valence electrons. The van der Waals surface area contributed by atoms with Gasteiger partial charge >= 0.3 is 6.09 Å². The molecule has 0 saturated carbocycles. The topological polar surface area (TPSA) is 79.9 Å². The van der Waals surface area contributed by atoms with E-state index in [1.54, 1.807) is 20.8 Å². The summed E-state index contributed by atoms with van der Waals surface area (Å²) in [5, 5.41) is 5.74. The summed E-state index contributed by atoms with van der Waals surface area (Å²) in [7, 11) is 0. The molecule has 0 bridgehead atoms. The average molecular weight is 426 g/mol. The molecule has 2 aromatic carbocycles. The second-order valence-electron chi connectivity index (χ2n) is 8.49. The first-order chi connectivity index (χ1) is 14.8. The number of nitrogens with one attached hydrogen (secondary N) is 2. The van der Waals surface area contributed by atoms with Crippen molar-refractivity contribution in [3.63, 3.8) is 0 Å². The molecule has 1 unspecified atom stereocenters. The van der Waals surface area contributed by atoms with E-state index in [9.17, 15) is 9.59 Å². The Bertz CT molecular complexity index is 874. The minimum Gasteiger partial charge on any atom is -0.444 e. The second-order valence-corrected chi connectivity index (χ2v) is 8.49. The number of amides is 2. The molecule has 7 nitrogen and oxygen atoms in total. The number of para-hydroxylation sites is 2. The van der Waals surface area contributed by atoms with Crippen LogP contribution in [0.2, 0.25) is 0 Å². The first-order valence-electron chi connectivity index (χ1n) is 10.6. The van der Waals surface area contributed by atoms with Crippen molar-refractivity contribution in [1.29, 1.82) is 0 Å². The summed E-state index contributed by atoms with van der Waals surface area (Å²) in [6.07, 6.45) is -0.268. The van der Waals surface area contributed by atoms with Crippen LogP contribution in [-0.2, 0) is 20.7 Å². The van der Waals surface area contributed by atoms with Gasteiger partial charge in [-0.05, 0) is 38.5 Å². The first-order valence-corrected chi connectivity index (χ1v) is 10.6. The zero-order chi connectivity index (χ0) is 22.3. The molecule has 1 saturated heterocycles. The lowest BCUT2D eigenvalue weighted by Gasteiger charge is -2.31. The van der Waals surface area contributed by atoms with Crippen LogP contribution in [-0.4, -0.2) is 49.9 Å². The normalized spacial score (nSPS) is 15.1. The summed E-state index contributed by atoms with van der Waals surface area (Å²) < 4.78 is 10.8. The average Bonchev–Trinajstić information content (AvgIpc) is 2.74. The van der Waals surface area contributed by atoms with Crippen molar-refractivity contribution in [3.05, 3.63) is 60.2 Å². The number of nitrogens with zero attached hydrogens (tertiary/aromatic N) is 1. The number of ether oxygens (including phenoxy) is 2. The summed E-state index contributed by atoms with van der Waals surface area (Å²) in [5.74, 6) is -0.296. The summed E-state index contributed by atoms with van der Waals surface area (Å²) in [6.45, 7) is 8.19. The highest BCUT2D eigenvalue weighted by atomic mass is 16.6. The Morgan fingerprint density at radius 3 is 2.35 bits per heavy atom. The highest BCUT2D eigenvalue weighted by Gasteiger charge is 2.26. The van der Waals surface area contributed by atoms with Gasteiger partial charge in [0.05, 0.1) is 24.6 Å². The van der Waals surface area contributed by atoms with Gasteiger partial charge in [0.25, 0.3) is 0 Å². The smallest absolute Gasteiger partial charge is 0.408 e. The van der Waals surface area contributed by atoms with Crippen molar-refractivity contribution >= 4 is 23.4 Å². The molecule has 1 heterocycles. The number of hydrogen-bond acceptors (Lipinski definition) is 5. The summed E-state index contributed by atoms with van der Waals surface area (Å²) in [5.41, 5.74) is 1.94. The SMILES string of the molecule is CC(C)(C)OC(=O)NC(Cc1ccccc1)C(=O)Nc1ccccc1N1CCOCC1. The number of alkyl carbamates (subject to hydrolysis) is 1. The summed E-state index contributed by atoms with van der Waals surface area (Å²) >= 11 is 0. The van der Waals surface area contributed by atoms with Crippen LogP contribution in [0, 0.1) is 0 Å². The van der Waals surface area contributed by atoms with Gasteiger partial charge in [0, 0.05) is 19.5 Å². The van der Waals surface area contributed by atoms with Crippen LogP contribution >= 0.6 is 0 Å². The van der Waals surface area contributed by atoms with Crippen molar-refractivity contribution in [2.75, 3.05) is 36.5 Å². The maximum atomic E-state index is 13.2. The van der Waals surface area contributed by atoms with Gasteiger partial charge in [0.1, 0.15) is 11.6 Å².